The Hall–Kier alpha value is -1.72. The average Bonchev–Trinajstić information content (AvgIpc) is 2.91. The van der Waals surface area contributed by atoms with E-state index in [1.54, 1.807) is 0 Å². The summed E-state index contributed by atoms with van der Waals surface area (Å²) < 4.78 is 5.62. The van der Waals surface area contributed by atoms with Crippen LogP contribution in [-0.4, -0.2) is 22.7 Å². The molecule has 4 nitrogen and oxygen atoms in total. The van der Waals surface area contributed by atoms with Crippen LogP contribution in [0.2, 0.25) is 0 Å². The van der Waals surface area contributed by atoms with Gasteiger partial charge in [-0.25, -0.2) is 9.78 Å². The topological polar surface area (TPSA) is 59.4 Å². The molecule has 1 heterocycles. The van der Waals surface area contributed by atoms with E-state index in [4.69, 9.17) is 4.74 Å². The molecule has 106 valence electrons. The van der Waals surface area contributed by atoms with Gasteiger partial charge in [-0.05, 0) is 18.9 Å². The van der Waals surface area contributed by atoms with Crippen LogP contribution in [0.25, 0.3) is 10.4 Å². The summed E-state index contributed by atoms with van der Waals surface area (Å²) in [5, 5.41) is 10.1. The van der Waals surface area contributed by atoms with E-state index in [1.807, 2.05) is 44.2 Å². The first kappa shape index (κ1) is 14.7. The Balaban J connectivity index is 2.46. The predicted molar refractivity (Wildman–Crippen MR) is 79.2 cm³/mol. The fourth-order valence-corrected chi connectivity index (χ4v) is 3.17. The summed E-state index contributed by atoms with van der Waals surface area (Å²) in [6.07, 6.45) is 0.634. The second kappa shape index (κ2) is 6.63. The van der Waals surface area contributed by atoms with E-state index >= 15 is 0 Å². The Kier molecular flexibility index (Phi) is 4.87. The molecule has 0 saturated heterocycles. The minimum Gasteiger partial charge on any atom is -0.476 e. The molecule has 0 radical (unpaired) electrons. The van der Waals surface area contributed by atoms with Crippen LogP contribution in [0.4, 0.5) is 0 Å². The van der Waals surface area contributed by atoms with Gasteiger partial charge in [-0.1, -0.05) is 37.3 Å². The van der Waals surface area contributed by atoms with Crippen LogP contribution in [0.1, 0.15) is 41.9 Å². The smallest absolute Gasteiger partial charge is 0.356 e. The highest BCUT2D eigenvalue weighted by Crippen LogP contribution is 2.35. The zero-order chi connectivity index (χ0) is 14.5. The maximum atomic E-state index is 11.4. The molecule has 2 rings (SSSR count). The van der Waals surface area contributed by atoms with E-state index in [1.165, 1.54) is 11.3 Å². The molecule has 1 N–H and O–H groups in total. The molecule has 1 unspecified atom stereocenters. The van der Waals surface area contributed by atoms with Gasteiger partial charge in [0.1, 0.15) is 11.1 Å². The highest BCUT2D eigenvalue weighted by Gasteiger charge is 2.22. The summed E-state index contributed by atoms with van der Waals surface area (Å²) in [7, 11) is 0. The molecule has 2 aromatic rings. The van der Waals surface area contributed by atoms with Gasteiger partial charge in [0.05, 0.1) is 4.88 Å². The molecule has 0 amide bonds. The van der Waals surface area contributed by atoms with Crippen molar-refractivity contribution in [3.8, 4) is 10.4 Å². The molecule has 0 aliphatic heterocycles. The van der Waals surface area contributed by atoms with Gasteiger partial charge in [0.2, 0.25) is 0 Å². The second-order valence-electron chi connectivity index (χ2n) is 4.25. The van der Waals surface area contributed by atoms with E-state index in [2.05, 4.69) is 4.98 Å². The quantitative estimate of drug-likeness (QED) is 0.874. The van der Waals surface area contributed by atoms with Crippen molar-refractivity contribution >= 4 is 17.3 Å². The van der Waals surface area contributed by atoms with E-state index < -0.39 is 5.97 Å². The number of carboxylic acid groups (broad SMARTS) is 1. The van der Waals surface area contributed by atoms with Crippen LogP contribution < -0.4 is 0 Å². The van der Waals surface area contributed by atoms with Crippen LogP contribution in [0.15, 0.2) is 30.3 Å². The van der Waals surface area contributed by atoms with E-state index in [0.717, 1.165) is 17.0 Å². The van der Waals surface area contributed by atoms with Crippen molar-refractivity contribution in [3.05, 3.63) is 41.0 Å². The van der Waals surface area contributed by atoms with Crippen LogP contribution in [0, 0.1) is 0 Å². The number of aromatic nitrogens is 1. The number of hydrogen-bond acceptors (Lipinski definition) is 4. The Morgan fingerprint density at radius 2 is 2.05 bits per heavy atom. The number of thiazole rings is 1. The normalized spacial score (nSPS) is 12.3. The standard InChI is InChI=1S/C15H17NO3S/c1-3-11(19-4-2)14-16-12(15(17)18)13(20-14)10-8-6-5-7-9-10/h5-9,11H,3-4H2,1-2H3,(H,17,18). The van der Waals surface area contributed by atoms with Gasteiger partial charge in [-0.3, -0.25) is 0 Å². The number of carbonyl (C=O) groups is 1. The Bertz CT molecular complexity index is 580. The summed E-state index contributed by atoms with van der Waals surface area (Å²) in [6, 6.07) is 9.47. The Morgan fingerprint density at radius 3 is 2.60 bits per heavy atom. The summed E-state index contributed by atoms with van der Waals surface area (Å²) in [5.41, 5.74) is 0.981. The molecule has 0 saturated carbocycles. The van der Waals surface area contributed by atoms with E-state index in [-0.39, 0.29) is 11.8 Å². The second-order valence-corrected chi connectivity index (χ2v) is 5.28. The Labute approximate surface area is 122 Å². The minimum absolute atomic E-state index is 0.106. The molecule has 1 aromatic heterocycles. The van der Waals surface area contributed by atoms with E-state index in [0.29, 0.717) is 11.5 Å². The molecule has 5 heteroatoms. The number of hydrogen-bond donors (Lipinski definition) is 1. The maximum absolute atomic E-state index is 11.4. The minimum atomic E-state index is -1.00. The van der Waals surface area contributed by atoms with Gasteiger partial charge in [-0.2, -0.15) is 0 Å². The lowest BCUT2D eigenvalue weighted by molar-refractivity contribution is 0.0589. The number of aromatic carboxylic acids is 1. The van der Waals surface area contributed by atoms with Gasteiger partial charge in [0.25, 0.3) is 0 Å². The van der Waals surface area contributed by atoms with Gasteiger partial charge in [0, 0.05) is 6.61 Å². The molecular formula is C15H17NO3S. The summed E-state index contributed by atoms with van der Waals surface area (Å²) in [4.78, 5) is 16.3. The maximum Gasteiger partial charge on any atom is 0.356 e. The molecule has 0 fully saturated rings. The molecule has 0 spiro atoms. The number of benzene rings is 1. The Morgan fingerprint density at radius 1 is 1.35 bits per heavy atom. The highest BCUT2D eigenvalue weighted by molar-refractivity contribution is 7.15. The molecule has 0 aliphatic carbocycles. The van der Waals surface area contributed by atoms with Crippen LogP contribution in [0.5, 0.6) is 0 Å². The highest BCUT2D eigenvalue weighted by atomic mass is 32.1. The van der Waals surface area contributed by atoms with Crippen molar-refractivity contribution in [2.45, 2.75) is 26.4 Å². The van der Waals surface area contributed by atoms with Crippen molar-refractivity contribution in [2.24, 2.45) is 0 Å². The number of nitrogens with zero attached hydrogens (tertiary/aromatic N) is 1. The first-order valence-corrected chi connectivity index (χ1v) is 7.40. The van der Waals surface area contributed by atoms with Crippen LogP contribution in [-0.2, 0) is 4.74 Å². The van der Waals surface area contributed by atoms with E-state index in [9.17, 15) is 9.90 Å². The fraction of sp³-hybridized carbons (Fsp3) is 0.333. The van der Waals surface area contributed by atoms with Crippen molar-refractivity contribution in [1.82, 2.24) is 4.98 Å². The molecule has 1 atom stereocenters. The fourth-order valence-electron chi connectivity index (χ4n) is 1.97. The third-order valence-corrected chi connectivity index (χ3v) is 4.09. The largest absolute Gasteiger partial charge is 0.476 e. The number of rotatable bonds is 6. The molecule has 20 heavy (non-hydrogen) atoms. The average molecular weight is 291 g/mol. The first-order chi connectivity index (χ1) is 9.67. The van der Waals surface area contributed by atoms with Gasteiger partial charge in [0.15, 0.2) is 5.69 Å². The SMILES string of the molecule is CCOC(CC)c1nc(C(=O)O)c(-c2ccccc2)s1. The number of ether oxygens (including phenoxy) is 1. The zero-order valence-electron chi connectivity index (χ0n) is 11.5. The van der Waals surface area contributed by atoms with Gasteiger partial charge < -0.3 is 9.84 Å². The van der Waals surface area contributed by atoms with Crippen molar-refractivity contribution in [1.29, 1.82) is 0 Å². The monoisotopic (exact) mass is 291 g/mol. The van der Waals surface area contributed by atoms with Crippen molar-refractivity contribution in [3.63, 3.8) is 0 Å². The van der Waals surface area contributed by atoms with Crippen molar-refractivity contribution in [2.75, 3.05) is 6.61 Å². The summed E-state index contributed by atoms with van der Waals surface area (Å²) in [5.74, 6) is -1.00. The van der Waals surface area contributed by atoms with Gasteiger partial charge >= 0.3 is 5.97 Å². The molecular weight excluding hydrogens is 274 g/mol. The lowest BCUT2D eigenvalue weighted by Crippen LogP contribution is -2.04. The van der Waals surface area contributed by atoms with Crippen LogP contribution in [0.3, 0.4) is 0 Å². The number of carboxylic acids is 1. The van der Waals surface area contributed by atoms with Crippen LogP contribution >= 0.6 is 11.3 Å². The molecule has 0 bridgehead atoms. The third kappa shape index (κ3) is 3.05. The summed E-state index contributed by atoms with van der Waals surface area (Å²) in [6.45, 7) is 4.51. The lowest BCUT2D eigenvalue weighted by Gasteiger charge is -2.10. The summed E-state index contributed by atoms with van der Waals surface area (Å²) >= 11 is 1.40. The molecule has 1 aromatic carbocycles. The van der Waals surface area contributed by atoms with Crippen molar-refractivity contribution < 1.29 is 14.6 Å². The third-order valence-electron chi connectivity index (χ3n) is 2.90. The molecule has 0 aliphatic rings. The first-order valence-electron chi connectivity index (χ1n) is 6.58. The lowest BCUT2D eigenvalue weighted by atomic mass is 10.1. The van der Waals surface area contributed by atoms with Gasteiger partial charge in [-0.15, -0.1) is 11.3 Å². The predicted octanol–water partition coefficient (Wildman–Crippen LogP) is 4.00. The zero-order valence-corrected chi connectivity index (χ0v) is 12.3.